The molecule has 8 nitrogen and oxygen atoms in total. The molecule has 6 atom stereocenters. The van der Waals surface area contributed by atoms with E-state index >= 15 is 0 Å². The van der Waals surface area contributed by atoms with Gasteiger partial charge in [-0.2, -0.15) is 0 Å². The number of carbonyl (C=O) groups is 3. The zero-order chi connectivity index (χ0) is 30.5. The summed E-state index contributed by atoms with van der Waals surface area (Å²) in [6.45, 7) is 6.28. The lowest BCUT2D eigenvalue weighted by atomic mass is 9.73. The average molecular weight is 604 g/mol. The normalized spacial score (nSPS) is 30.8. The zero-order valence-corrected chi connectivity index (χ0v) is 25.5. The van der Waals surface area contributed by atoms with Crippen LogP contribution in [0.25, 0.3) is 0 Å². The van der Waals surface area contributed by atoms with E-state index in [-0.39, 0.29) is 36.8 Å². The Morgan fingerprint density at radius 3 is 2.14 bits per heavy atom. The van der Waals surface area contributed by atoms with Crippen molar-refractivity contribution in [3.05, 3.63) is 83.9 Å². The molecule has 0 radical (unpaired) electrons. The number of aliphatic hydroxyl groups excluding tert-OH is 1. The van der Waals surface area contributed by atoms with Crippen LogP contribution in [0.2, 0.25) is 5.02 Å². The van der Waals surface area contributed by atoms with E-state index in [4.69, 9.17) is 16.3 Å². The Morgan fingerprint density at radius 1 is 0.884 bits per heavy atom. The van der Waals surface area contributed by atoms with Gasteiger partial charge in [-0.25, -0.2) is 0 Å². The van der Waals surface area contributed by atoms with Crippen LogP contribution in [0.5, 0.6) is 0 Å². The maximum absolute atomic E-state index is 14.8. The van der Waals surface area contributed by atoms with Gasteiger partial charge in [-0.3, -0.25) is 14.4 Å². The summed E-state index contributed by atoms with van der Waals surface area (Å²) in [6, 6.07) is 14.7. The van der Waals surface area contributed by atoms with Crippen molar-refractivity contribution in [2.45, 2.75) is 56.9 Å². The van der Waals surface area contributed by atoms with Crippen molar-refractivity contribution in [3.8, 4) is 0 Å². The molecule has 9 heteroatoms. The van der Waals surface area contributed by atoms with Crippen LogP contribution < -0.4 is 9.80 Å². The monoisotopic (exact) mass is 603 g/mol. The second-order valence-electron chi connectivity index (χ2n) is 12.3. The molecule has 43 heavy (non-hydrogen) atoms. The van der Waals surface area contributed by atoms with E-state index in [2.05, 4.69) is 0 Å². The number of ether oxygens (including phenoxy) is 1. The van der Waals surface area contributed by atoms with Crippen LogP contribution in [-0.2, 0) is 19.1 Å². The molecular weight excluding hydrogens is 566 g/mol. The van der Waals surface area contributed by atoms with E-state index in [1.807, 2.05) is 75.4 Å². The lowest BCUT2D eigenvalue weighted by Gasteiger charge is -2.41. The van der Waals surface area contributed by atoms with E-state index in [1.165, 1.54) is 0 Å². The van der Waals surface area contributed by atoms with Gasteiger partial charge >= 0.3 is 0 Å². The van der Waals surface area contributed by atoms with Crippen LogP contribution in [-0.4, -0.2) is 70.7 Å². The predicted octanol–water partition coefficient (Wildman–Crippen LogP) is 4.61. The van der Waals surface area contributed by atoms with Crippen LogP contribution in [0.1, 0.15) is 33.6 Å². The molecular formula is C34H38ClN3O5. The molecule has 0 aromatic heterocycles. The number of likely N-dealkylation sites (tertiary alicyclic amines) is 1. The maximum atomic E-state index is 14.8. The lowest BCUT2D eigenvalue weighted by Crippen LogP contribution is -2.59. The van der Waals surface area contributed by atoms with Crippen molar-refractivity contribution in [1.29, 1.82) is 0 Å². The summed E-state index contributed by atoms with van der Waals surface area (Å²) in [5.74, 6) is -2.53. The van der Waals surface area contributed by atoms with Gasteiger partial charge < -0.3 is 24.5 Å². The number of aliphatic hydroxyl groups is 1. The molecule has 1 N–H and O–H groups in total. The number of benzene rings is 2. The summed E-state index contributed by atoms with van der Waals surface area (Å²) in [4.78, 5) is 49.0. The van der Waals surface area contributed by atoms with Crippen molar-refractivity contribution in [2.75, 3.05) is 29.5 Å². The first-order valence-corrected chi connectivity index (χ1v) is 15.5. The molecule has 3 amide bonds. The van der Waals surface area contributed by atoms with Gasteiger partial charge in [0.05, 0.1) is 30.1 Å². The quantitative estimate of drug-likeness (QED) is 0.467. The number of anilines is 2. The lowest BCUT2D eigenvalue weighted by molar-refractivity contribution is -0.149. The van der Waals surface area contributed by atoms with Gasteiger partial charge in [-0.1, -0.05) is 74.9 Å². The molecule has 4 aliphatic heterocycles. The fourth-order valence-corrected chi connectivity index (χ4v) is 7.73. The maximum Gasteiger partial charge on any atom is 0.253 e. The summed E-state index contributed by atoms with van der Waals surface area (Å²) < 4.78 is 7.07. The summed E-state index contributed by atoms with van der Waals surface area (Å²) in [5, 5.41) is 11.2. The fourth-order valence-electron chi connectivity index (χ4n) is 7.61. The molecule has 4 aliphatic rings. The van der Waals surface area contributed by atoms with E-state index in [9.17, 15) is 19.5 Å². The van der Waals surface area contributed by atoms with Gasteiger partial charge in [-0.05, 0) is 55.2 Å². The van der Waals surface area contributed by atoms with E-state index in [0.29, 0.717) is 30.1 Å². The second kappa shape index (κ2) is 11.2. The Hall–Kier alpha value is -3.46. The van der Waals surface area contributed by atoms with E-state index in [0.717, 1.165) is 5.69 Å². The van der Waals surface area contributed by atoms with Crippen molar-refractivity contribution in [1.82, 2.24) is 4.90 Å². The number of halogens is 1. The number of fused-ring (bicyclic) bond motifs is 2. The highest BCUT2D eigenvalue weighted by Gasteiger charge is 2.76. The van der Waals surface area contributed by atoms with Crippen LogP contribution in [0.15, 0.2) is 78.9 Å². The highest BCUT2D eigenvalue weighted by atomic mass is 35.5. The van der Waals surface area contributed by atoms with Crippen molar-refractivity contribution >= 4 is 40.7 Å². The van der Waals surface area contributed by atoms with Crippen LogP contribution in [0.3, 0.4) is 0 Å². The Labute approximate surface area is 257 Å². The van der Waals surface area contributed by atoms with Gasteiger partial charge in [0, 0.05) is 29.5 Å². The first kappa shape index (κ1) is 29.6. The summed E-state index contributed by atoms with van der Waals surface area (Å²) >= 11 is 6.16. The molecule has 1 unspecified atom stereocenters. The molecule has 1 spiro atoms. The minimum Gasteiger partial charge on any atom is -0.394 e. The number of hydrogen-bond acceptors (Lipinski definition) is 5. The Morgan fingerprint density at radius 2 is 1.51 bits per heavy atom. The summed E-state index contributed by atoms with van der Waals surface area (Å²) in [5.41, 5.74) is -1.11. The Bertz CT molecular complexity index is 1460. The molecule has 0 aliphatic carbocycles. The zero-order valence-electron chi connectivity index (χ0n) is 24.7. The molecule has 6 rings (SSSR count). The summed E-state index contributed by atoms with van der Waals surface area (Å²) in [6.07, 6.45) is 8.51. The number of amides is 3. The Kier molecular flexibility index (Phi) is 7.73. The first-order chi connectivity index (χ1) is 20.7. The molecule has 0 saturated carbocycles. The number of hydrogen-bond donors (Lipinski definition) is 1. The van der Waals surface area contributed by atoms with Gasteiger partial charge in [0.1, 0.15) is 11.6 Å². The van der Waals surface area contributed by atoms with Gasteiger partial charge in [-0.15, -0.1) is 0 Å². The molecule has 226 valence electrons. The molecule has 0 bridgehead atoms. The highest BCUT2D eigenvalue weighted by Crippen LogP contribution is 2.59. The smallest absolute Gasteiger partial charge is 0.253 e. The topological polar surface area (TPSA) is 90.4 Å². The third-order valence-corrected chi connectivity index (χ3v) is 9.68. The van der Waals surface area contributed by atoms with Gasteiger partial charge in [0.2, 0.25) is 11.8 Å². The van der Waals surface area contributed by atoms with E-state index in [1.54, 1.807) is 39.0 Å². The third-order valence-electron chi connectivity index (χ3n) is 9.43. The van der Waals surface area contributed by atoms with Crippen LogP contribution in [0.4, 0.5) is 11.4 Å². The van der Waals surface area contributed by atoms with Crippen LogP contribution >= 0.6 is 11.6 Å². The number of carbonyl (C=O) groups excluding carboxylic acids is 3. The SMILES string of the molecule is CC[C@@]12C=CCN(c3ccccc3)C(=O)[C@@H]1[C@H]1C(=O)N([C@@H](CO)CC(C)C)C3C(=O)N(c4ccc(Cl)cc4)CC=C[C@@]31O2. The molecule has 2 aromatic rings. The molecule has 2 fully saturated rings. The minimum absolute atomic E-state index is 0.150. The van der Waals surface area contributed by atoms with E-state index < -0.39 is 35.1 Å². The third kappa shape index (κ3) is 4.62. The van der Waals surface area contributed by atoms with Gasteiger partial charge in [0.25, 0.3) is 5.91 Å². The predicted molar refractivity (Wildman–Crippen MR) is 166 cm³/mol. The summed E-state index contributed by atoms with van der Waals surface area (Å²) in [7, 11) is 0. The Balaban J connectivity index is 1.52. The molecule has 2 aromatic carbocycles. The van der Waals surface area contributed by atoms with Crippen LogP contribution in [0, 0.1) is 17.8 Å². The largest absolute Gasteiger partial charge is 0.394 e. The second-order valence-corrected chi connectivity index (χ2v) is 12.8. The minimum atomic E-state index is -1.40. The highest BCUT2D eigenvalue weighted by molar-refractivity contribution is 6.30. The van der Waals surface area contributed by atoms with Crippen molar-refractivity contribution in [3.63, 3.8) is 0 Å². The van der Waals surface area contributed by atoms with Crippen molar-refractivity contribution < 1.29 is 24.2 Å². The number of rotatable bonds is 7. The molecule has 2 saturated heterocycles. The number of para-hydroxylation sites is 1. The molecule has 4 heterocycles. The fraction of sp³-hybridized carbons (Fsp3) is 0.441. The van der Waals surface area contributed by atoms with Gasteiger partial charge in [0.15, 0.2) is 0 Å². The number of nitrogens with zero attached hydrogens (tertiary/aromatic N) is 3. The first-order valence-electron chi connectivity index (χ1n) is 15.1. The van der Waals surface area contributed by atoms with Crippen molar-refractivity contribution in [2.24, 2.45) is 17.8 Å². The average Bonchev–Trinajstić information content (AvgIpc) is 3.30. The standard InChI is InChI=1S/C34H38ClN3O5/c1-4-33-16-8-18-36(24-10-6-5-7-11-24)30(40)27(33)28-31(41)38(26(21-39)20-22(2)3)29-32(42)37(19-9-17-34(28,29)43-33)25-14-12-23(35)13-15-25/h5-17,22,26-29,39H,4,18-21H2,1-3H3/t26-,27+,28+,29?,33-,34+/m1/s1.